The normalized spacial score (nSPS) is 14.4. The Morgan fingerprint density at radius 2 is 2.00 bits per heavy atom. The predicted molar refractivity (Wildman–Crippen MR) is 73.2 cm³/mol. The van der Waals surface area contributed by atoms with Crippen LogP contribution in [0.25, 0.3) is 11.6 Å². The molecule has 1 aliphatic carbocycles. The quantitative estimate of drug-likeness (QED) is 0.753. The summed E-state index contributed by atoms with van der Waals surface area (Å²) in [4.78, 5) is 1.28. The van der Waals surface area contributed by atoms with Crippen molar-refractivity contribution in [2.75, 3.05) is 0 Å². The van der Waals surface area contributed by atoms with E-state index in [2.05, 4.69) is 26.5 Å². The van der Waals surface area contributed by atoms with Gasteiger partial charge in [-0.25, -0.2) is 0 Å². The molecular weight excluding hydrogens is 214 g/mol. The van der Waals surface area contributed by atoms with Crippen molar-refractivity contribution in [3.05, 3.63) is 42.0 Å². The molecule has 82 valence electrons. The molecule has 0 saturated heterocycles. The van der Waals surface area contributed by atoms with Gasteiger partial charge in [0.1, 0.15) is 0 Å². The summed E-state index contributed by atoms with van der Waals surface area (Å²) in [6.07, 6.45) is 3.85. The van der Waals surface area contributed by atoms with E-state index in [0.717, 1.165) is 11.1 Å². The fourth-order valence-corrected chi connectivity index (χ4v) is 2.72. The van der Waals surface area contributed by atoms with Crippen molar-refractivity contribution in [1.82, 2.24) is 0 Å². The first kappa shape index (κ1) is 11.2. The van der Waals surface area contributed by atoms with Gasteiger partial charge < -0.3 is 5.41 Å². The first-order valence-corrected chi connectivity index (χ1v) is 6.23. The van der Waals surface area contributed by atoms with Gasteiger partial charge in [0.15, 0.2) is 0 Å². The number of nitrogens with one attached hydrogen (secondary N) is 1. The summed E-state index contributed by atoms with van der Waals surface area (Å²) in [7, 11) is 0. The van der Waals surface area contributed by atoms with Gasteiger partial charge in [0.25, 0.3) is 0 Å². The number of hydrogen-bond donors (Lipinski definition) is 1. The van der Waals surface area contributed by atoms with E-state index >= 15 is 0 Å². The van der Waals surface area contributed by atoms with Crippen LogP contribution >= 0.6 is 11.8 Å². The highest BCUT2D eigenvalue weighted by molar-refractivity contribution is 8.00. The number of hydrogen-bond acceptors (Lipinski definition) is 2. The molecule has 0 radical (unpaired) electrons. The molecule has 2 heteroatoms. The largest absolute Gasteiger partial charge is 0.300 e. The van der Waals surface area contributed by atoms with Gasteiger partial charge >= 0.3 is 0 Å². The molecule has 0 amide bonds. The van der Waals surface area contributed by atoms with Gasteiger partial charge in [0.05, 0.1) is 5.71 Å². The van der Waals surface area contributed by atoms with Crippen LogP contribution in [0.4, 0.5) is 0 Å². The first-order valence-electron chi connectivity index (χ1n) is 5.35. The maximum Gasteiger partial charge on any atom is 0.0612 e. The Labute approximate surface area is 101 Å². The summed E-state index contributed by atoms with van der Waals surface area (Å²) in [5.41, 5.74) is 3.64. The van der Waals surface area contributed by atoms with Crippen molar-refractivity contribution >= 4 is 29.1 Å². The predicted octanol–water partition coefficient (Wildman–Crippen LogP) is 4.25. The molecule has 0 heterocycles. The fraction of sp³-hybridized carbons (Fsp3) is 0.214. The minimum Gasteiger partial charge on any atom is -0.300 e. The highest BCUT2D eigenvalue weighted by atomic mass is 32.2. The molecule has 1 N–H and O–H groups in total. The number of thioether (sulfide) groups is 1. The van der Waals surface area contributed by atoms with Gasteiger partial charge in [-0.15, -0.1) is 11.8 Å². The van der Waals surface area contributed by atoms with Crippen LogP contribution in [0.15, 0.2) is 35.7 Å². The molecule has 0 fully saturated rings. The lowest BCUT2D eigenvalue weighted by Crippen LogP contribution is -2.04. The Hall–Kier alpha value is -1.28. The Balaban J connectivity index is 2.51. The lowest BCUT2D eigenvalue weighted by molar-refractivity contribution is 1.11. The zero-order valence-electron chi connectivity index (χ0n) is 9.58. The Kier molecular flexibility index (Phi) is 3.01. The van der Waals surface area contributed by atoms with Crippen molar-refractivity contribution < 1.29 is 0 Å². The van der Waals surface area contributed by atoms with Crippen LogP contribution in [0.3, 0.4) is 0 Å². The first-order chi connectivity index (χ1) is 7.59. The summed E-state index contributed by atoms with van der Waals surface area (Å²) in [5.74, 6) is 0. The van der Waals surface area contributed by atoms with Crippen LogP contribution in [0, 0.1) is 5.41 Å². The summed E-state index contributed by atoms with van der Waals surface area (Å²) in [5, 5.41) is 8.31. The van der Waals surface area contributed by atoms with Crippen LogP contribution in [0.5, 0.6) is 0 Å². The molecule has 16 heavy (non-hydrogen) atoms. The van der Waals surface area contributed by atoms with Gasteiger partial charge in [-0.1, -0.05) is 38.6 Å². The summed E-state index contributed by atoms with van der Waals surface area (Å²) >= 11 is 1.85. The number of rotatable bonds is 2. The van der Waals surface area contributed by atoms with Gasteiger partial charge in [0.2, 0.25) is 0 Å². The molecule has 1 aromatic rings. The van der Waals surface area contributed by atoms with E-state index in [1.165, 1.54) is 10.5 Å². The second-order valence-electron chi connectivity index (χ2n) is 4.11. The van der Waals surface area contributed by atoms with E-state index in [0.29, 0.717) is 11.0 Å². The monoisotopic (exact) mass is 229 g/mol. The number of fused-ring (bicyclic) bond motifs is 1. The van der Waals surface area contributed by atoms with Crippen LogP contribution in [0.1, 0.15) is 25.0 Å². The average Bonchev–Trinajstić information content (AvgIpc) is 2.23. The Morgan fingerprint density at radius 1 is 1.25 bits per heavy atom. The summed E-state index contributed by atoms with van der Waals surface area (Å²) in [6, 6.07) is 6.22. The molecule has 0 spiro atoms. The smallest absolute Gasteiger partial charge is 0.0612 e. The SMILES string of the molecule is C=C1C(=N)C=Cc2c(SC(C)C)cccc21. The third-order valence-electron chi connectivity index (χ3n) is 2.50. The van der Waals surface area contributed by atoms with E-state index in [4.69, 9.17) is 5.41 Å². The molecule has 0 unspecified atom stereocenters. The summed E-state index contributed by atoms with van der Waals surface area (Å²) < 4.78 is 0. The van der Waals surface area contributed by atoms with Crippen LogP contribution in [0.2, 0.25) is 0 Å². The molecule has 1 aromatic carbocycles. The van der Waals surface area contributed by atoms with Crippen molar-refractivity contribution in [3.63, 3.8) is 0 Å². The average molecular weight is 229 g/mol. The molecule has 0 saturated carbocycles. The van der Waals surface area contributed by atoms with E-state index in [1.807, 2.05) is 36.0 Å². The standard InChI is InChI=1S/C14H15NS/c1-9(2)16-14-6-4-5-11-10(3)13(15)8-7-12(11)14/h4-9,15H,3H2,1-2H3. The minimum absolute atomic E-state index is 0.513. The molecule has 1 nitrogen and oxygen atoms in total. The Bertz CT molecular complexity index is 484. The highest BCUT2D eigenvalue weighted by Crippen LogP contribution is 2.34. The van der Waals surface area contributed by atoms with E-state index in [9.17, 15) is 0 Å². The second-order valence-corrected chi connectivity index (χ2v) is 5.73. The maximum absolute atomic E-state index is 7.74. The van der Waals surface area contributed by atoms with Crippen LogP contribution in [-0.2, 0) is 0 Å². The van der Waals surface area contributed by atoms with Crippen molar-refractivity contribution in [1.29, 1.82) is 5.41 Å². The van der Waals surface area contributed by atoms with Gasteiger partial charge in [-0.2, -0.15) is 0 Å². The van der Waals surface area contributed by atoms with Gasteiger partial charge in [-0.05, 0) is 23.3 Å². The van der Waals surface area contributed by atoms with Crippen LogP contribution in [-0.4, -0.2) is 11.0 Å². The molecule has 2 rings (SSSR count). The highest BCUT2D eigenvalue weighted by Gasteiger charge is 2.15. The van der Waals surface area contributed by atoms with E-state index in [1.54, 1.807) is 0 Å². The zero-order valence-corrected chi connectivity index (χ0v) is 10.4. The van der Waals surface area contributed by atoms with E-state index in [-0.39, 0.29) is 0 Å². The molecule has 0 atom stereocenters. The topological polar surface area (TPSA) is 23.9 Å². The third kappa shape index (κ3) is 1.98. The molecule has 0 aromatic heterocycles. The van der Waals surface area contributed by atoms with Crippen molar-refractivity contribution in [2.45, 2.75) is 24.0 Å². The van der Waals surface area contributed by atoms with Crippen LogP contribution < -0.4 is 0 Å². The van der Waals surface area contributed by atoms with Crippen molar-refractivity contribution in [2.24, 2.45) is 0 Å². The molecule has 0 bridgehead atoms. The number of benzene rings is 1. The van der Waals surface area contributed by atoms with Gasteiger partial charge in [0, 0.05) is 15.7 Å². The maximum atomic E-state index is 7.74. The molecule has 1 aliphatic rings. The van der Waals surface area contributed by atoms with Gasteiger partial charge in [-0.3, -0.25) is 0 Å². The lowest BCUT2D eigenvalue weighted by atomic mass is 9.92. The minimum atomic E-state index is 0.513. The van der Waals surface area contributed by atoms with Crippen molar-refractivity contribution in [3.8, 4) is 0 Å². The lowest BCUT2D eigenvalue weighted by Gasteiger charge is -2.18. The molecular formula is C14H15NS. The summed E-state index contributed by atoms with van der Waals surface area (Å²) in [6.45, 7) is 8.35. The zero-order chi connectivity index (χ0) is 11.7. The van der Waals surface area contributed by atoms with E-state index < -0.39 is 0 Å². The number of allylic oxidation sites excluding steroid dienone is 2. The molecule has 0 aliphatic heterocycles. The third-order valence-corrected chi connectivity index (χ3v) is 3.58. The Morgan fingerprint density at radius 3 is 2.69 bits per heavy atom. The fourth-order valence-electron chi connectivity index (χ4n) is 1.75. The second kappa shape index (κ2) is 4.30.